The number of aromatic nitrogens is 2. The Morgan fingerprint density at radius 1 is 1.19 bits per heavy atom. The molecule has 0 aliphatic carbocycles. The van der Waals surface area contributed by atoms with Crippen LogP contribution in [0.4, 0.5) is 16.2 Å². The molecule has 1 fully saturated rings. The SMILES string of the molecule is COc1cc2nc(N3CCN(C(=O)C4CCc5ccccc5O4)CC3)nc(N)c2cc1F. The van der Waals surface area contributed by atoms with Gasteiger partial charge in [-0.1, -0.05) is 18.2 Å². The Hall–Kier alpha value is -3.62. The highest BCUT2D eigenvalue weighted by molar-refractivity contribution is 5.90. The van der Waals surface area contributed by atoms with E-state index in [0.29, 0.717) is 49.5 Å². The Bertz CT molecular complexity index is 1180. The third kappa shape index (κ3) is 3.63. The van der Waals surface area contributed by atoms with E-state index in [0.717, 1.165) is 17.7 Å². The van der Waals surface area contributed by atoms with Gasteiger partial charge in [0.1, 0.15) is 11.6 Å². The quantitative estimate of drug-likeness (QED) is 0.672. The minimum atomic E-state index is -0.511. The standard InChI is InChI=1S/C23H24FN5O3/c1-31-20-13-17-15(12-16(20)24)21(25)27-23(26-17)29-10-8-28(9-11-29)22(30)19-7-6-14-4-2-3-5-18(14)32-19/h2-5,12-13,19H,6-11H2,1H3,(H2,25,26,27). The van der Waals surface area contributed by atoms with Crippen LogP contribution in [0.2, 0.25) is 0 Å². The fourth-order valence-electron chi connectivity index (χ4n) is 4.27. The van der Waals surface area contributed by atoms with Crippen LogP contribution in [-0.4, -0.2) is 60.2 Å². The van der Waals surface area contributed by atoms with Crippen LogP contribution < -0.4 is 20.1 Å². The summed E-state index contributed by atoms with van der Waals surface area (Å²) in [6.07, 6.45) is 1.06. The van der Waals surface area contributed by atoms with E-state index in [2.05, 4.69) is 9.97 Å². The predicted molar refractivity (Wildman–Crippen MR) is 118 cm³/mol. The smallest absolute Gasteiger partial charge is 0.263 e. The first-order chi connectivity index (χ1) is 15.5. The lowest BCUT2D eigenvalue weighted by molar-refractivity contribution is -0.139. The van der Waals surface area contributed by atoms with Crippen LogP contribution in [0.25, 0.3) is 10.9 Å². The number of halogens is 1. The second kappa shape index (κ2) is 8.14. The molecular formula is C23H24FN5O3. The number of aryl methyl sites for hydroxylation is 1. The molecule has 32 heavy (non-hydrogen) atoms. The number of amides is 1. The Kier molecular flexibility index (Phi) is 5.16. The maximum atomic E-state index is 14.0. The molecule has 1 unspecified atom stereocenters. The van der Waals surface area contributed by atoms with E-state index < -0.39 is 11.9 Å². The first kappa shape index (κ1) is 20.3. The van der Waals surface area contributed by atoms with Crippen molar-refractivity contribution in [3.63, 3.8) is 0 Å². The molecule has 0 radical (unpaired) electrons. The molecule has 1 atom stereocenters. The number of nitrogen functional groups attached to an aromatic ring is 1. The molecule has 2 N–H and O–H groups in total. The fraction of sp³-hybridized carbons (Fsp3) is 0.348. The van der Waals surface area contributed by atoms with Crippen molar-refractivity contribution < 1.29 is 18.7 Å². The van der Waals surface area contributed by atoms with Crippen LogP contribution in [0.3, 0.4) is 0 Å². The zero-order valence-electron chi connectivity index (χ0n) is 17.8. The second-order valence-corrected chi connectivity index (χ2v) is 7.98. The summed E-state index contributed by atoms with van der Waals surface area (Å²) < 4.78 is 25.0. The summed E-state index contributed by atoms with van der Waals surface area (Å²) >= 11 is 0. The van der Waals surface area contributed by atoms with Crippen molar-refractivity contribution in [2.45, 2.75) is 18.9 Å². The van der Waals surface area contributed by atoms with E-state index in [-0.39, 0.29) is 17.5 Å². The van der Waals surface area contributed by atoms with Crippen LogP contribution >= 0.6 is 0 Å². The van der Waals surface area contributed by atoms with Gasteiger partial charge in [-0.2, -0.15) is 4.98 Å². The zero-order valence-corrected chi connectivity index (χ0v) is 17.8. The van der Waals surface area contributed by atoms with Gasteiger partial charge in [-0.15, -0.1) is 0 Å². The highest BCUT2D eigenvalue weighted by Gasteiger charge is 2.32. The van der Waals surface area contributed by atoms with Gasteiger partial charge in [-0.25, -0.2) is 9.37 Å². The third-order valence-corrected chi connectivity index (χ3v) is 6.05. The molecule has 2 aliphatic heterocycles. The molecular weight excluding hydrogens is 413 g/mol. The summed E-state index contributed by atoms with van der Waals surface area (Å²) in [6, 6.07) is 10.7. The van der Waals surface area contributed by atoms with Gasteiger partial charge in [0.25, 0.3) is 5.91 Å². The number of anilines is 2. The zero-order chi connectivity index (χ0) is 22.2. The molecule has 1 saturated heterocycles. The molecule has 8 nitrogen and oxygen atoms in total. The maximum absolute atomic E-state index is 14.0. The molecule has 2 aromatic carbocycles. The lowest BCUT2D eigenvalue weighted by Crippen LogP contribution is -2.53. The number of piperazine rings is 1. The Morgan fingerprint density at radius 2 is 1.97 bits per heavy atom. The molecule has 5 rings (SSSR count). The summed E-state index contributed by atoms with van der Waals surface area (Å²) in [5.41, 5.74) is 7.72. The lowest BCUT2D eigenvalue weighted by atomic mass is 10.0. The number of fused-ring (bicyclic) bond motifs is 2. The molecule has 1 aromatic heterocycles. The normalized spacial score (nSPS) is 18.2. The number of ether oxygens (including phenoxy) is 2. The van der Waals surface area contributed by atoms with E-state index in [9.17, 15) is 9.18 Å². The van der Waals surface area contributed by atoms with E-state index in [1.807, 2.05) is 34.1 Å². The number of methoxy groups -OCH3 is 1. The van der Waals surface area contributed by atoms with Crippen LogP contribution in [0, 0.1) is 5.82 Å². The average molecular weight is 437 g/mol. The third-order valence-electron chi connectivity index (χ3n) is 6.05. The number of rotatable bonds is 3. The van der Waals surface area contributed by atoms with Crippen LogP contribution in [0.15, 0.2) is 36.4 Å². The molecule has 166 valence electrons. The summed E-state index contributed by atoms with van der Waals surface area (Å²) in [5, 5.41) is 0.440. The van der Waals surface area contributed by atoms with Gasteiger partial charge in [-0.05, 0) is 30.5 Å². The number of benzene rings is 2. The number of para-hydroxylation sites is 1. The highest BCUT2D eigenvalue weighted by atomic mass is 19.1. The number of carbonyl (C=O) groups excluding carboxylic acids is 1. The van der Waals surface area contributed by atoms with Gasteiger partial charge in [0.2, 0.25) is 5.95 Å². The maximum Gasteiger partial charge on any atom is 0.263 e. The Balaban J connectivity index is 1.28. The van der Waals surface area contributed by atoms with E-state index in [4.69, 9.17) is 15.2 Å². The van der Waals surface area contributed by atoms with Crippen LogP contribution in [0.1, 0.15) is 12.0 Å². The molecule has 0 spiro atoms. The monoisotopic (exact) mass is 437 g/mol. The molecule has 0 saturated carbocycles. The van der Waals surface area contributed by atoms with Gasteiger partial charge in [-0.3, -0.25) is 4.79 Å². The topological polar surface area (TPSA) is 93.8 Å². The van der Waals surface area contributed by atoms with Crippen molar-refractivity contribution >= 4 is 28.6 Å². The first-order valence-electron chi connectivity index (χ1n) is 10.6. The minimum absolute atomic E-state index is 0.0123. The molecule has 9 heteroatoms. The van der Waals surface area contributed by atoms with Crippen LogP contribution in [0.5, 0.6) is 11.5 Å². The number of hydrogen-bond acceptors (Lipinski definition) is 7. The minimum Gasteiger partial charge on any atom is -0.494 e. The van der Waals surface area contributed by atoms with Gasteiger partial charge in [0, 0.05) is 37.6 Å². The van der Waals surface area contributed by atoms with Gasteiger partial charge < -0.3 is 25.0 Å². The molecule has 0 bridgehead atoms. The van der Waals surface area contributed by atoms with Gasteiger partial charge >= 0.3 is 0 Å². The summed E-state index contributed by atoms with van der Waals surface area (Å²) in [4.78, 5) is 25.7. The molecule has 3 heterocycles. The molecule has 1 amide bonds. The van der Waals surface area contributed by atoms with Gasteiger partial charge in [0.05, 0.1) is 12.6 Å². The number of nitrogens with zero attached hydrogens (tertiary/aromatic N) is 4. The van der Waals surface area contributed by atoms with Crippen molar-refractivity contribution in [1.82, 2.24) is 14.9 Å². The molecule has 3 aromatic rings. The fourth-order valence-corrected chi connectivity index (χ4v) is 4.27. The van der Waals surface area contributed by atoms with Crippen molar-refractivity contribution in [2.75, 3.05) is 43.9 Å². The van der Waals surface area contributed by atoms with Crippen LogP contribution in [-0.2, 0) is 11.2 Å². The van der Waals surface area contributed by atoms with Crippen molar-refractivity contribution in [2.24, 2.45) is 0 Å². The van der Waals surface area contributed by atoms with E-state index >= 15 is 0 Å². The van der Waals surface area contributed by atoms with Crippen molar-refractivity contribution in [3.05, 3.63) is 47.8 Å². The highest BCUT2D eigenvalue weighted by Crippen LogP contribution is 2.30. The summed E-state index contributed by atoms with van der Waals surface area (Å²) in [5.74, 6) is 1.06. The van der Waals surface area contributed by atoms with E-state index in [1.54, 1.807) is 0 Å². The number of hydrogen-bond donors (Lipinski definition) is 1. The van der Waals surface area contributed by atoms with Crippen molar-refractivity contribution in [3.8, 4) is 11.5 Å². The number of nitrogens with two attached hydrogens (primary N) is 1. The summed E-state index contributed by atoms with van der Waals surface area (Å²) in [6.45, 7) is 2.21. The predicted octanol–water partition coefficient (Wildman–Crippen LogP) is 2.40. The Labute approximate surface area is 184 Å². The second-order valence-electron chi connectivity index (χ2n) is 7.98. The van der Waals surface area contributed by atoms with Crippen molar-refractivity contribution in [1.29, 1.82) is 0 Å². The summed E-state index contributed by atoms with van der Waals surface area (Å²) in [7, 11) is 1.40. The molecule has 2 aliphatic rings. The Morgan fingerprint density at radius 3 is 2.75 bits per heavy atom. The largest absolute Gasteiger partial charge is 0.494 e. The van der Waals surface area contributed by atoms with E-state index in [1.165, 1.54) is 19.2 Å². The average Bonchev–Trinajstić information content (AvgIpc) is 2.83. The van der Waals surface area contributed by atoms with Gasteiger partial charge in [0.15, 0.2) is 17.7 Å². The lowest BCUT2D eigenvalue weighted by Gasteiger charge is -2.37. The first-order valence-corrected chi connectivity index (χ1v) is 10.6. The number of carbonyl (C=O) groups is 1.